The molecule has 1 saturated carbocycles. The maximum Gasteiger partial charge on any atom is 0.232 e. The summed E-state index contributed by atoms with van der Waals surface area (Å²) in [6, 6.07) is 15.7. The molecule has 1 aliphatic carbocycles. The minimum absolute atomic E-state index is 0.0650. The van der Waals surface area contributed by atoms with Crippen LogP contribution in [0.25, 0.3) is 22.0 Å². The third kappa shape index (κ3) is 4.52. The van der Waals surface area contributed by atoms with E-state index in [2.05, 4.69) is 21.0 Å². The van der Waals surface area contributed by atoms with Gasteiger partial charge < -0.3 is 4.74 Å². The summed E-state index contributed by atoms with van der Waals surface area (Å²) >= 11 is 0. The predicted octanol–water partition coefficient (Wildman–Crippen LogP) is 5.60. The molecular formula is C27H25N3O2. The van der Waals surface area contributed by atoms with Gasteiger partial charge in [0.1, 0.15) is 0 Å². The van der Waals surface area contributed by atoms with Gasteiger partial charge in [-0.1, -0.05) is 48.4 Å². The highest BCUT2D eigenvalue weighted by Crippen LogP contribution is 2.28. The van der Waals surface area contributed by atoms with Crippen LogP contribution in [0.4, 0.5) is 0 Å². The van der Waals surface area contributed by atoms with Crippen LogP contribution in [0, 0.1) is 12.8 Å². The Morgan fingerprint density at radius 2 is 1.84 bits per heavy atom. The molecule has 1 fully saturated rings. The van der Waals surface area contributed by atoms with Gasteiger partial charge in [0.25, 0.3) is 0 Å². The summed E-state index contributed by atoms with van der Waals surface area (Å²) < 4.78 is 5.85. The van der Waals surface area contributed by atoms with Crippen LogP contribution in [0.2, 0.25) is 0 Å². The zero-order valence-corrected chi connectivity index (χ0v) is 18.1. The van der Waals surface area contributed by atoms with Crippen LogP contribution in [-0.4, -0.2) is 27.3 Å². The third-order valence-corrected chi connectivity index (χ3v) is 6.09. The molecule has 2 heterocycles. The Bertz CT molecular complexity index is 1260. The SMILES string of the molecule is Cc1ccc(C(=O)Cc2cc3cc(-c4cncc(OCC5CCC5)n4)ccc3cn2)cc1. The monoisotopic (exact) mass is 423 g/mol. The van der Waals surface area contributed by atoms with Gasteiger partial charge in [0.15, 0.2) is 5.78 Å². The van der Waals surface area contributed by atoms with E-state index < -0.39 is 0 Å². The molecule has 5 nitrogen and oxygen atoms in total. The van der Waals surface area contributed by atoms with Crippen molar-refractivity contribution < 1.29 is 9.53 Å². The molecule has 5 heteroatoms. The zero-order chi connectivity index (χ0) is 21.9. The molecule has 1 aliphatic rings. The standard InChI is InChI=1S/C27H25N3O2/c1-18-5-7-20(8-6-18)26(31)13-24-12-23-11-21(9-10-22(23)14-29-24)25-15-28-16-27(30-25)32-17-19-3-2-4-19/h5-12,14-16,19H,2-4,13,17H2,1H3. The molecule has 5 rings (SSSR count). The maximum absolute atomic E-state index is 12.7. The second kappa shape index (κ2) is 8.87. The van der Waals surface area contributed by atoms with Crippen molar-refractivity contribution in [1.29, 1.82) is 0 Å². The van der Waals surface area contributed by atoms with Gasteiger partial charge in [-0.2, -0.15) is 0 Å². The first-order valence-corrected chi connectivity index (χ1v) is 11.1. The number of Topliss-reactive ketones (excluding diaryl/α,β-unsaturated/α-hetero) is 1. The fourth-order valence-corrected chi connectivity index (χ4v) is 3.87. The summed E-state index contributed by atoms with van der Waals surface area (Å²) in [5, 5.41) is 2.04. The fourth-order valence-electron chi connectivity index (χ4n) is 3.87. The molecule has 0 N–H and O–H groups in total. The molecule has 0 aliphatic heterocycles. The minimum atomic E-state index is 0.0650. The first-order chi connectivity index (χ1) is 15.6. The van der Waals surface area contributed by atoms with Crippen molar-refractivity contribution in [1.82, 2.24) is 15.0 Å². The molecule has 0 unspecified atom stereocenters. The van der Waals surface area contributed by atoms with Gasteiger partial charge in [0.2, 0.25) is 5.88 Å². The van der Waals surface area contributed by atoms with Crippen LogP contribution >= 0.6 is 0 Å². The Labute approximate surface area is 187 Å². The van der Waals surface area contributed by atoms with Crippen molar-refractivity contribution in [3.63, 3.8) is 0 Å². The van der Waals surface area contributed by atoms with Crippen LogP contribution in [0.1, 0.15) is 40.9 Å². The average Bonchev–Trinajstić information content (AvgIpc) is 2.78. The fraction of sp³-hybridized carbons (Fsp3) is 0.259. The lowest BCUT2D eigenvalue weighted by molar-refractivity contribution is 0.0992. The second-order valence-electron chi connectivity index (χ2n) is 8.55. The zero-order valence-electron chi connectivity index (χ0n) is 18.1. The highest BCUT2D eigenvalue weighted by Gasteiger charge is 2.18. The third-order valence-electron chi connectivity index (χ3n) is 6.09. The normalized spacial score (nSPS) is 13.7. The van der Waals surface area contributed by atoms with Gasteiger partial charge in [-0.3, -0.25) is 14.8 Å². The van der Waals surface area contributed by atoms with Crippen molar-refractivity contribution in [2.45, 2.75) is 32.6 Å². The molecule has 0 radical (unpaired) electrons. The lowest BCUT2D eigenvalue weighted by Crippen LogP contribution is -2.19. The smallest absolute Gasteiger partial charge is 0.232 e. The van der Waals surface area contributed by atoms with E-state index in [0.29, 0.717) is 24.0 Å². The Hall–Kier alpha value is -3.60. The number of carbonyl (C=O) groups excluding carboxylic acids is 1. The molecular weight excluding hydrogens is 398 g/mol. The molecule has 2 aromatic heterocycles. The summed E-state index contributed by atoms with van der Waals surface area (Å²) in [6.45, 7) is 2.72. The molecule has 0 bridgehead atoms. The van der Waals surface area contributed by atoms with Gasteiger partial charge in [-0.25, -0.2) is 4.98 Å². The Morgan fingerprint density at radius 1 is 1.00 bits per heavy atom. The van der Waals surface area contributed by atoms with E-state index in [-0.39, 0.29) is 12.2 Å². The number of fused-ring (bicyclic) bond motifs is 1. The van der Waals surface area contributed by atoms with E-state index in [0.717, 1.165) is 33.3 Å². The molecule has 160 valence electrons. The highest BCUT2D eigenvalue weighted by atomic mass is 16.5. The largest absolute Gasteiger partial charge is 0.476 e. The van der Waals surface area contributed by atoms with Gasteiger partial charge in [-0.05, 0) is 43.2 Å². The quantitative estimate of drug-likeness (QED) is 0.362. The van der Waals surface area contributed by atoms with Crippen LogP contribution < -0.4 is 4.74 Å². The van der Waals surface area contributed by atoms with Gasteiger partial charge in [0.05, 0.1) is 31.1 Å². The summed E-state index contributed by atoms with van der Waals surface area (Å²) in [7, 11) is 0. The summed E-state index contributed by atoms with van der Waals surface area (Å²) in [5.74, 6) is 1.28. The van der Waals surface area contributed by atoms with Crippen molar-refractivity contribution in [2.75, 3.05) is 6.61 Å². The number of ether oxygens (including phenoxy) is 1. The number of hydrogen-bond acceptors (Lipinski definition) is 5. The number of nitrogens with zero attached hydrogens (tertiary/aromatic N) is 3. The van der Waals surface area contributed by atoms with Crippen molar-refractivity contribution in [3.05, 3.63) is 83.9 Å². The number of ketones is 1. The van der Waals surface area contributed by atoms with Crippen molar-refractivity contribution >= 4 is 16.6 Å². The van der Waals surface area contributed by atoms with E-state index in [1.807, 2.05) is 55.6 Å². The van der Waals surface area contributed by atoms with E-state index in [9.17, 15) is 4.79 Å². The molecule has 0 saturated heterocycles. The van der Waals surface area contributed by atoms with Crippen LogP contribution in [-0.2, 0) is 6.42 Å². The highest BCUT2D eigenvalue weighted by molar-refractivity contribution is 5.98. The van der Waals surface area contributed by atoms with E-state index in [4.69, 9.17) is 4.74 Å². The lowest BCUT2D eigenvalue weighted by Gasteiger charge is -2.24. The summed E-state index contributed by atoms with van der Waals surface area (Å²) in [5.41, 5.74) is 4.33. The molecule has 0 atom stereocenters. The van der Waals surface area contributed by atoms with E-state index in [1.54, 1.807) is 12.4 Å². The predicted molar refractivity (Wildman–Crippen MR) is 125 cm³/mol. The Kier molecular flexibility index (Phi) is 5.63. The molecule has 0 spiro atoms. The number of hydrogen-bond donors (Lipinski definition) is 0. The van der Waals surface area contributed by atoms with E-state index >= 15 is 0 Å². The lowest BCUT2D eigenvalue weighted by atomic mass is 9.86. The van der Waals surface area contributed by atoms with Crippen LogP contribution in [0.15, 0.2) is 67.1 Å². The minimum Gasteiger partial charge on any atom is -0.476 e. The number of rotatable bonds is 7. The first-order valence-electron chi connectivity index (χ1n) is 11.1. The first kappa shape index (κ1) is 20.3. The number of aromatic nitrogens is 3. The van der Waals surface area contributed by atoms with Crippen LogP contribution in [0.3, 0.4) is 0 Å². The maximum atomic E-state index is 12.7. The van der Waals surface area contributed by atoms with Crippen molar-refractivity contribution in [3.8, 4) is 17.1 Å². The number of carbonyl (C=O) groups is 1. The average molecular weight is 424 g/mol. The Morgan fingerprint density at radius 3 is 2.62 bits per heavy atom. The molecule has 2 aromatic carbocycles. The second-order valence-corrected chi connectivity index (χ2v) is 8.55. The van der Waals surface area contributed by atoms with Gasteiger partial charge >= 0.3 is 0 Å². The molecule has 32 heavy (non-hydrogen) atoms. The van der Waals surface area contributed by atoms with Crippen molar-refractivity contribution in [2.24, 2.45) is 5.92 Å². The summed E-state index contributed by atoms with van der Waals surface area (Å²) in [6.07, 6.45) is 9.28. The number of benzene rings is 2. The topological polar surface area (TPSA) is 65.0 Å². The molecule has 0 amide bonds. The number of pyridine rings is 1. The summed E-state index contributed by atoms with van der Waals surface area (Å²) in [4.78, 5) is 26.1. The Balaban J connectivity index is 1.36. The van der Waals surface area contributed by atoms with E-state index in [1.165, 1.54) is 19.3 Å². The van der Waals surface area contributed by atoms with Gasteiger partial charge in [-0.15, -0.1) is 0 Å². The van der Waals surface area contributed by atoms with Gasteiger partial charge in [0, 0.05) is 28.4 Å². The molecule has 4 aromatic rings. The number of aryl methyl sites for hydroxylation is 1. The van der Waals surface area contributed by atoms with Crippen LogP contribution in [0.5, 0.6) is 5.88 Å².